The van der Waals surface area contributed by atoms with Crippen LogP contribution in [0.15, 0.2) is 11.1 Å². The molecule has 0 aromatic rings. The van der Waals surface area contributed by atoms with Crippen LogP contribution in [0, 0.1) is 0 Å². The molecule has 0 unspecified atom stereocenters. The number of hydrogen-bond donors (Lipinski definition) is 2. The van der Waals surface area contributed by atoms with E-state index in [-0.39, 0.29) is 0 Å². The van der Waals surface area contributed by atoms with Crippen LogP contribution in [0.4, 0.5) is 0 Å². The van der Waals surface area contributed by atoms with Crippen molar-refractivity contribution < 1.29 is 0 Å². The maximum atomic E-state index is 5.32. The summed E-state index contributed by atoms with van der Waals surface area (Å²) in [6.45, 7) is 3.34. The van der Waals surface area contributed by atoms with Gasteiger partial charge in [0.1, 0.15) is 0 Å². The zero-order chi connectivity index (χ0) is 8.10. The van der Waals surface area contributed by atoms with Crippen LogP contribution in [0.1, 0.15) is 19.3 Å². The molecule has 0 radical (unpaired) electrons. The van der Waals surface area contributed by atoms with E-state index in [2.05, 4.69) is 17.5 Å². The van der Waals surface area contributed by atoms with Gasteiger partial charge < -0.3 is 5.73 Å². The number of thiol groups is 1. The summed E-state index contributed by atoms with van der Waals surface area (Å²) in [5.74, 6) is 0. The highest BCUT2D eigenvalue weighted by Gasteiger charge is 2.09. The van der Waals surface area contributed by atoms with Gasteiger partial charge in [0.15, 0.2) is 0 Å². The monoisotopic (exact) mass is 172 g/mol. The first-order valence-electron chi connectivity index (χ1n) is 4.15. The van der Waals surface area contributed by atoms with Gasteiger partial charge in [-0.3, -0.25) is 4.90 Å². The fourth-order valence-electron chi connectivity index (χ4n) is 1.40. The van der Waals surface area contributed by atoms with Crippen LogP contribution in [-0.4, -0.2) is 24.5 Å². The molecular formula is C8H16N2S. The second-order valence-electron chi connectivity index (χ2n) is 2.99. The van der Waals surface area contributed by atoms with Crippen LogP contribution >= 0.6 is 12.6 Å². The van der Waals surface area contributed by atoms with Crippen molar-refractivity contribution in [3.8, 4) is 0 Å². The van der Waals surface area contributed by atoms with Gasteiger partial charge in [-0.25, -0.2) is 0 Å². The molecule has 0 aromatic carbocycles. The van der Waals surface area contributed by atoms with Crippen molar-refractivity contribution >= 4 is 12.6 Å². The van der Waals surface area contributed by atoms with Gasteiger partial charge in [-0.15, -0.1) is 12.6 Å². The van der Waals surface area contributed by atoms with E-state index in [1.165, 1.54) is 32.4 Å². The third kappa shape index (κ3) is 3.16. The van der Waals surface area contributed by atoms with Gasteiger partial charge in [0.05, 0.1) is 0 Å². The normalized spacial score (nSPS) is 22.1. The van der Waals surface area contributed by atoms with Crippen molar-refractivity contribution in [2.24, 2.45) is 5.73 Å². The number of nitrogens with zero attached hydrogens (tertiary/aromatic N) is 1. The topological polar surface area (TPSA) is 29.3 Å². The molecule has 0 saturated carbocycles. The lowest BCUT2D eigenvalue weighted by Gasteiger charge is -2.26. The average molecular weight is 172 g/mol. The zero-order valence-corrected chi connectivity index (χ0v) is 7.69. The summed E-state index contributed by atoms with van der Waals surface area (Å²) < 4.78 is 0. The number of piperidine rings is 1. The van der Waals surface area contributed by atoms with Crippen LogP contribution in [-0.2, 0) is 0 Å². The van der Waals surface area contributed by atoms with Crippen molar-refractivity contribution in [2.45, 2.75) is 19.3 Å². The standard InChI is InChI=1S/C8H16N2S/c9-6-8(11)7-10-4-2-1-3-5-10/h6,11H,1-5,7,9H2/b8-6-. The number of rotatable bonds is 2. The Bertz CT molecular complexity index is 139. The Balaban J connectivity index is 2.24. The molecule has 3 heteroatoms. The SMILES string of the molecule is N/C=C(\S)CN1CCCCC1. The molecule has 1 rings (SSSR count). The summed E-state index contributed by atoms with van der Waals surface area (Å²) in [5.41, 5.74) is 5.32. The number of nitrogens with two attached hydrogens (primary N) is 1. The minimum Gasteiger partial charge on any atom is -0.404 e. The van der Waals surface area contributed by atoms with Gasteiger partial charge in [0.2, 0.25) is 0 Å². The fourth-order valence-corrected chi connectivity index (χ4v) is 1.60. The van der Waals surface area contributed by atoms with Gasteiger partial charge in [-0.2, -0.15) is 0 Å². The van der Waals surface area contributed by atoms with Crippen LogP contribution in [0.2, 0.25) is 0 Å². The second kappa shape index (κ2) is 4.67. The van der Waals surface area contributed by atoms with E-state index in [9.17, 15) is 0 Å². The Kier molecular flexibility index (Phi) is 3.80. The first kappa shape index (κ1) is 8.94. The Morgan fingerprint density at radius 1 is 1.36 bits per heavy atom. The van der Waals surface area contributed by atoms with E-state index in [4.69, 9.17) is 5.73 Å². The summed E-state index contributed by atoms with van der Waals surface area (Å²) in [7, 11) is 0. The summed E-state index contributed by atoms with van der Waals surface area (Å²) >= 11 is 4.23. The van der Waals surface area contributed by atoms with Crippen LogP contribution in [0.25, 0.3) is 0 Å². The minimum absolute atomic E-state index is 0.930. The van der Waals surface area contributed by atoms with Crippen LogP contribution < -0.4 is 5.73 Å². The predicted molar refractivity (Wildman–Crippen MR) is 51.5 cm³/mol. The first-order valence-corrected chi connectivity index (χ1v) is 4.60. The first-order chi connectivity index (χ1) is 5.33. The van der Waals surface area contributed by atoms with Crippen LogP contribution in [0.3, 0.4) is 0 Å². The molecule has 0 aromatic heterocycles. The third-order valence-electron chi connectivity index (χ3n) is 2.03. The highest BCUT2D eigenvalue weighted by Crippen LogP contribution is 2.11. The Hall–Kier alpha value is -0.150. The molecule has 11 heavy (non-hydrogen) atoms. The van der Waals surface area contributed by atoms with Crippen molar-refractivity contribution in [3.05, 3.63) is 11.1 Å². The van der Waals surface area contributed by atoms with E-state index in [1.807, 2.05) is 0 Å². The van der Waals surface area contributed by atoms with E-state index >= 15 is 0 Å². The molecule has 0 spiro atoms. The summed E-state index contributed by atoms with van der Waals surface area (Å²) in [6, 6.07) is 0. The highest BCUT2D eigenvalue weighted by molar-refractivity contribution is 7.84. The maximum absolute atomic E-state index is 5.32. The Labute approximate surface area is 73.9 Å². The molecule has 1 aliphatic rings. The molecule has 1 heterocycles. The van der Waals surface area contributed by atoms with Crippen molar-refractivity contribution in [1.29, 1.82) is 0 Å². The third-order valence-corrected chi connectivity index (χ3v) is 2.32. The summed E-state index contributed by atoms with van der Waals surface area (Å²) in [5, 5.41) is 0. The molecule has 0 aliphatic carbocycles. The van der Waals surface area contributed by atoms with Crippen LogP contribution in [0.5, 0.6) is 0 Å². The lowest BCUT2D eigenvalue weighted by atomic mass is 10.1. The maximum Gasteiger partial charge on any atom is 0.0305 e. The van der Waals surface area contributed by atoms with Crippen molar-refractivity contribution in [1.82, 2.24) is 4.90 Å². The quantitative estimate of drug-likeness (QED) is 0.613. The van der Waals surface area contributed by atoms with E-state index in [1.54, 1.807) is 6.20 Å². The second-order valence-corrected chi connectivity index (χ2v) is 3.57. The van der Waals surface area contributed by atoms with Crippen molar-refractivity contribution in [3.63, 3.8) is 0 Å². The fraction of sp³-hybridized carbons (Fsp3) is 0.750. The summed E-state index contributed by atoms with van der Waals surface area (Å²) in [6.07, 6.45) is 5.61. The molecule has 2 nitrogen and oxygen atoms in total. The molecule has 64 valence electrons. The lowest BCUT2D eigenvalue weighted by molar-refractivity contribution is 0.250. The van der Waals surface area contributed by atoms with E-state index < -0.39 is 0 Å². The van der Waals surface area contributed by atoms with Gasteiger partial charge >= 0.3 is 0 Å². The molecule has 0 bridgehead atoms. The largest absolute Gasteiger partial charge is 0.404 e. The highest BCUT2D eigenvalue weighted by atomic mass is 32.1. The summed E-state index contributed by atoms with van der Waals surface area (Å²) in [4.78, 5) is 3.38. The lowest BCUT2D eigenvalue weighted by Crippen LogP contribution is -2.30. The van der Waals surface area contributed by atoms with Crippen molar-refractivity contribution in [2.75, 3.05) is 19.6 Å². The number of likely N-dealkylation sites (tertiary alicyclic amines) is 1. The van der Waals surface area contributed by atoms with E-state index in [0.717, 1.165) is 11.4 Å². The number of hydrogen-bond acceptors (Lipinski definition) is 3. The smallest absolute Gasteiger partial charge is 0.0305 e. The Morgan fingerprint density at radius 2 is 2.00 bits per heavy atom. The molecule has 1 aliphatic heterocycles. The minimum atomic E-state index is 0.930. The van der Waals surface area contributed by atoms with E-state index in [0.29, 0.717) is 0 Å². The predicted octanol–water partition coefficient (Wildman–Crippen LogP) is 1.20. The molecule has 0 atom stereocenters. The Morgan fingerprint density at radius 3 is 2.55 bits per heavy atom. The van der Waals surface area contributed by atoms with Gasteiger partial charge in [-0.05, 0) is 25.9 Å². The van der Waals surface area contributed by atoms with Gasteiger partial charge in [0, 0.05) is 17.6 Å². The molecule has 2 N–H and O–H groups in total. The molecule has 0 amide bonds. The molecule has 1 saturated heterocycles. The van der Waals surface area contributed by atoms with Gasteiger partial charge in [0.25, 0.3) is 0 Å². The van der Waals surface area contributed by atoms with Gasteiger partial charge in [-0.1, -0.05) is 6.42 Å². The molecular weight excluding hydrogens is 156 g/mol. The zero-order valence-electron chi connectivity index (χ0n) is 6.79. The molecule has 1 fully saturated rings. The average Bonchev–Trinajstić information content (AvgIpc) is 2.06.